The first kappa shape index (κ1) is 20.8. The van der Waals surface area contributed by atoms with E-state index in [9.17, 15) is 39.6 Å². The van der Waals surface area contributed by atoms with Gasteiger partial charge in [0.05, 0.1) is 29.7 Å². The molecule has 2 aromatic carbocycles. The lowest BCUT2D eigenvalue weighted by atomic mass is 9.79. The molecule has 4 N–H and O–H groups in total. The average Bonchev–Trinajstić information content (AvgIpc) is 2.66. The van der Waals surface area contributed by atoms with Gasteiger partial charge in [0.25, 0.3) is 0 Å². The van der Waals surface area contributed by atoms with Crippen molar-refractivity contribution < 1.29 is 44.3 Å². The van der Waals surface area contributed by atoms with Crippen LogP contribution in [0, 0.1) is 0 Å². The van der Waals surface area contributed by atoms with Crippen molar-refractivity contribution in [2.45, 2.75) is 25.7 Å². The summed E-state index contributed by atoms with van der Waals surface area (Å²) in [6.45, 7) is 1.30. The molecule has 0 amide bonds. The Morgan fingerprint density at radius 2 is 1.57 bits per heavy atom. The second kappa shape index (κ2) is 7.51. The number of esters is 1. The van der Waals surface area contributed by atoms with Crippen LogP contribution in [0.1, 0.15) is 63.1 Å². The Morgan fingerprint density at radius 3 is 2.17 bits per heavy atom. The fraction of sp³-hybridized carbons (Fsp3) is 0.238. The van der Waals surface area contributed by atoms with Crippen LogP contribution >= 0.6 is 0 Å². The maximum absolute atomic E-state index is 13.0. The highest BCUT2D eigenvalue weighted by Gasteiger charge is 2.39. The minimum absolute atomic E-state index is 0.0640. The standard InChI is InChI=1S/C21H18O9/c1-8(22)3-4-10(21(29)30-2)15-14(25)7-12-17(19(15)27)20(28)16-11(18(12)26)5-9(23)6-13(16)24/h5-7,10,23-25,27H,3-4H2,1-2H3. The normalized spacial score (nSPS) is 13.4. The van der Waals surface area contributed by atoms with E-state index < -0.39 is 57.6 Å². The van der Waals surface area contributed by atoms with Crippen molar-refractivity contribution >= 4 is 23.3 Å². The summed E-state index contributed by atoms with van der Waals surface area (Å²) in [5, 5.41) is 41.0. The molecule has 9 heteroatoms. The fourth-order valence-corrected chi connectivity index (χ4v) is 3.59. The van der Waals surface area contributed by atoms with Crippen LogP contribution in [0.3, 0.4) is 0 Å². The molecule has 30 heavy (non-hydrogen) atoms. The Hall–Kier alpha value is -3.88. The highest BCUT2D eigenvalue weighted by molar-refractivity contribution is 6.30. The molecule has 0 aliphatic heterocycles. The molecular formula is C21H18O9. The molecule has 156 valence electrons. The van der Waals surface area contributed by atoms with Gasteiger partial charge >= 0.3 is 5.97 Å². The summed E-state index contributed by atoms with van der Waals surface area (Å²) in [6, 6.07) is 2.79. The minimum atomic E-state index is -1.28. The van der Waals surface area contributed by atoms with E-state index in [1.807, 2.05) is 0 Å². The molecular weight excluding hydrogens is 396 g/mol. The van der Waals surface area contributed by atoms with E-state index in [1.54, 1.807) is 0 Å². The Bertz CT molecular complexity index is 1110. The smallest absolute Gasteiger partial charge is 0.313 e. The zero-order valence-corrected chi connectivity index (χ0v) is 16.1. The third kappa shape index (κ3) is 3.24. The van der Waals surface area contributed by atoms with Crippen LogP contribution in [0.4, 0.5) is 0 Å². The van der Waals surface area contributed by atoms with Gasteiger partial charge in [-0.3, -0.25) is 14.4 Å². The number of rotatable bonds is 5. The van der Waals surface area contributed by atoms with Crippen LogP contribution in [-0.2, 0) is 14.3 Å². The van der Waals surface area contributed by atoms with E-state index in [2.05, 4.69) is 0 Å². The van der Waals surface area contributed by atoms with E-state index >= 15 is 0 Å². The molecule has 0 saturated carbocycles. The summed E-state index contributed by atoms with van der Waals surface area (Å²) in [5.41, 5.74) is -1.93. The molecule has 2 aromatic rings. The lowest BCUT2D eigenvalue weighted by Gasteiger charge is -2.24. The first-order chi connectivity index (χ1) is 14.1. The molecule has 9 nitrogen and oxygen atoms in total. The molecule has 0 saturated heterocycles. The molecule has 0 bridgehead atoms. The Balaban J connectivity index is 2.25. The largest absolute Gasteiger partial charge is 0.508 e. The Labute approximate surface area is 170 Å². The number of ether oxygens (including phenoxy) is 1. The predicted molar refractivity (Wildman–Crippen MR) is 101 cm³/mol. The van der Waals surface area contributed by atoms with Gasteiger partial charge in [-0.1, -0.05) is 0 Å². The number of phenols is 4. The van der Waals surface area contributed by atoms with E-state index in [0.29, 0.717) is 0 Å². The monoisotopic (exact) mass is 414 g/mol. The van der Waals surface area contributed by atoms with Gasteiger partial charge in [-0.2, -0.15) is 0 Å². The molecule has 0 fully saturated rings. The second-order valence-electron chi connectivity index (χ2n) is 6.94. The number of aromatic hydroxyl groups is 4. The lowest BCUT2D eigenvalue weighted by molar-refractivity contribution is -0.142. The molecule has 1 aliphatic carbocycles. The predicted octanol–water partition coefficient (Wildman–Crippen LogP) is 1.91. The molecule has 3 rings (SSSR count). The minimum Gasteiger partial charge on any atom is -0.508 e. The number of phenolic OH excluding ortho intramolecular Hbond substituents is 4. The number of hydrogen-bond acceptors (Lipinski definition) is 9. The van der Waals surface area contributed by atoms with E-state index in [1.165, 1.54) is 6.92 Å². The van der Waals surface area contributed by atoms with E-state index in [0.717, 1.165) is 25.3 Å². The molecule has 0 spiro atoms. The van der Waals surface area contributed by atoms with Crippen LogP contribution < -0.4 is 0 Å². The Kier molecular flexibility index (Phi) is 5.22. The number of fused-ring (bicyclic) bond motifs is 2. The number of carbonyl (C=O) groups is 4. The van der Waals surface area contributed by atoms with Crippen molar-refractivity contribution in [2.75, 3.05) is 7.11 Å². The van der Waals surface area contributed by atoms with Crippen molar-refractivity contribution in [3.8, 4) is 23.0 Å². The third-order valence-corrected chi connectivity index (χ3v) is 4.98. The quantitative estimate of drug-likeness (QED) is 0.457. The summed E-state index contributed by atoms with van der Waals surface area (Å²) in [5.74, 6) is -6.69. The average molecular weight is 414 g/mol. The highest BCUT2D eigenvalue weighted by Crippen LogP contribution is 2.46. The first-order valence-corrected chi connectivity index (χ1v) is 8.89. The molecule has 0 radical (unpaired) electrons. The zero-order chi connectivity index (χ0) is 22.3. The molecule has 1 aliphatic rings. The summed E-state index contributed by atoms with van der Waals surface area (Å²) < 4.78 is 4.70. The number of benzene rings is 2. The van der Waals surface area contributed by atoms with Crippen LogP contribution in [0.15, 0.2) is 18.2 Å². The maximum atomic E-state index is 13.0. The molecule has 1 atom stereocenters. The van der Waals surface area contributed by atoms with Gasteiger partial charge in [0, 0.05) is 23.6 Å². The van der Waals surface area contributed by atoms with Crippen molar-refractivity contribution in [3.05, 3.63) is 46.0 Å². The lowest BCUT2D eigenvalue weighted by Crippen LogP contribution is -2.23. The number of carbonyl (C=O) groups excluding carboxylic acids is 4. The fourth-order valence-electron chi connectivity index (χ4n) is 3.59. The summed E-state index contributed by atoms with van der Waals surface area (Å²) >= 11 is 0. The van der Waals surface area contributed by atoms with Gasteiger partial charge in [0.1, 0.15) is 28.8 Å². The highest BCUT2D eigenvalue weighted by atomic mass is 16.5. The summed E-state index contributed by atoms with van der Waals surface area (Å²) in [6.07, 6.45) is -0.175. The topological polar surface area (TPSA) is 158 Å². The maximum Gasteiger partial charge on any atom is 0.313 e. The number of Topliss-reactive ketones (excluding diaryl/α,β-unsaturated/α-hetero) is 1. The van der Waals surface area contributed by atoms with E-state index in [4.69, 9.17) is 4.74 Å². The second-order valence-corrected chi connectivity index (χ2v) is 6.94. The third-order valence-electron chi connectivity index (χ3n) is 4.98. The number of methoxy groups -OCH3 is 1. The Morgan fingerprint density at radius 1 is 0.933 bits per heavy atom. The van der Waals surface area contributed by atoms with Crippen LogP contribution in [-0.4, -0.2) is 50.9 Å². The summed E-state index contributed by atoms with van der Waals surface area (Å²) in [7, 11) is 1.09. The SMILES string of the molecule is COC(=O)C(CCC(C)=O)c1c(O)cc2c(c1O)C(=O)c1c(O)cc(O)cc1C2=O. The summed E-state index contributed by atoms with van der Waals surface area (Å²) in [4.78, 5) is 49.4. The number of hydrogen-bond donors (Lipinski definition) is 4. The first-order valence-electron chi connectivity index (χ1n) is 8.89. The van der Waals surface area contributed by atoms with Gasteiger partial charge in [-0.15, -0.1) is 0 Å². The van der Waals surface area contributed by atoms with E-state index in [-0.39, 0.29) is 35.3 Å². The van der Waals surface area contributed by atoms with Gasteiger partial charge in [-0.25, -0.2) is 0 Å². The van der Waals surface area contributed by atoms with Gasteiger partial charge < -0.3 is 30.0 Å². The zero-order valence-electron chi connectivity index (χ0n) is 16.1. The van der Waals surface area contributed by atoms with Crippen molar-refractivity contribution in [3.63, 3.8) is 0 Å². The molecule has 0 aromatic heterocycles. The molecule has 1 unspecified atom stereocenters. The van der Waals surface area contributed by atoms with Crippen molar-refractivity contribution in [1.82, 2.24) is 0 Å². The van der Waals surface area contributed by atoms with Crippen LogP contribution in [0.2, 0.25) is 0 Å². The molecule has 0 heterocycles. The van der Waals surface area contributed by atoms with Gasteiger partial charge in [0.2, 0.25) is 5.78 Å². The van der Waals surface area contributed by atoms with Crippen LogP contribution in [0.5, 0.6) is 23.0 Å². The number of ketones is 3. The van der Waals surface area contributed by atoms with Crippen molar-refractivity contribution in [2.24, 2.45) is 0 Å². The van der Waals surface area contributed by atoms with Gasteiger partial charge in [-0.05, 0) is 25.5 Å². The van der Waals surface area contributed by atoms with Crippen LogP contribution in [0.25, 0.3) is 0 Å². The van der Waals surface area contributed by atoms with Crippen molar-refractivity contribution in [1.29, 1.82) is 0 Å². The van der Waals surface area contributed by atoms with Gasteiger partial charge in [0.15, 0.2) is 5.78 Å².